The Morgan fingerprint density at radius 1 is 1.42 bits per heavy atom. The number of carbonyl (C=O) groups is 1. The molecular formula is C17H24N4O2S. The number of aryl methyl sites for hydroxylation is 1. The maximum absolute atomic E-state index is 12.6. The van der Waals surface area contributed by atoms with Gasteiger partial charge in [0.1, 0.15) is 5.76 Å². The molecule has 0 radical (unpaired) electrons. The number of hydrogen-bond donors (Lipinski definition) is 1. The predicted molar refractivity (Wildman–Crippen MR) is 94.0 cm³/mol. The van der Waals surface area contributed by atoms with Gasteiger partial charge in [-0.2, -0.15) is 0 Å². The fourth-order valence-corrected chi connectivity index (χ4v) is 3.81. The van der Waals surface area contributed by atoms with E-state index >= 15 is 0 Å². The van der Waals surface area contributed by atoms with Crippen molar-refractivity contribution < 1.29 is 9.21 Å². The lowest BCUT2D eigenvalue weighted by atomic mass is 9.97. The Kier molecular flexibility index (Phi) is 5.63. The van der Waals surface area contributed by atoms with Crippen molar-refractivity contribution in [3.05, 3.63) is 36.0 Å². The molecule has 1 saturated heterocycles. The SMILES string of the molecule is CNCC1CCN(C(=O)c2ccc(CSc3nccn3C)o2)CC1. The molecule has 3 rings (SSSR count). The number of hydrogen-bond acceptors (Lipinski definition) is 5. The van der Waals surface area contributed by atoms with Gasteiger partial charge in [-0.1, -0.05) is 11.8 Å². The second-order valence-electron chi connectivity index (χ2n) is 6.17. The van der Waals surface area contributed by atoms with E-state index in [-0.39, 0.29) is 5.91 Å². The minimum absolute atomic E-state index is 0.00569. The lowest BCUT2D eigenvalue weighted by Crippen LogP contribution is -2.40. The van der Waals surface area contributed by atoms with Gasteiger partial charge in [-0.15, -0.1) is 0 Å². The van der Waals surface area contributed by atoms with Crippen LogP contribution in [0, 0.1) is 5.92 Å². The highest BCUT2D eigenvalue weighted by molar-refractivity contribution is 7.98. The van der Waals surface area contributed by atoms with Crippen LogP contribution in [0.2, 0.25) is 0 Å². The van der Waals surface area contributed by atoms with Gasteiger partial charge >= 0.3 is 0 Å². The molecule has 3 heterocycles. The molecule has 6 nitrogen and oxygen atoms in total. The Labute approximate surface area is 146 Å². The number of amides is 1. The number of nitrogens with zero attached hydrogens (tertiary/aromatic N) is 3. The summed E-state index contributed by atoms with van der Waals surface area (Å²) < 4.78 is 7.72. The highest BCUT2D eigenvalue weighted by atomic mass is 32.2. The Bertz CT molecular complexity index is 674. The first-order valence-corrected chi connectivity index (χ1v) is 9.28. The van der Waals surface area contributed by atoms with Crippen molar-refractivity contribution in [2.75, 3.05) is 26.7 Å². The van der Waals surface area contributed by atoms with Crippen molar-refractivity contribution in [1.82, 2.24) is 19.8 Å². The summed E-state index contributed by atoms with van der Waals surface area (Å²) in [5, 5.41) is 4.15. The molecule has 2 aromatic heterocycles. The molecule has 0 aliphatic carbocycles. The third kappa shape index (κ3) is 4.02. The second kappa shape index (κ2) is 7.90. The van der Waals surface area contributed by atoms with Gasteiger partial charge in [0, 0.05) is 32.5 Å². The smallest absolute Gasteiger partial charge is 0.289 e. The van der Waals surface area contributed by atoms with Crippen molar-refractivity contribution in [2.45, 2.75) is 23.8 Å². The molecule has 1 N–H and O–H groups in total. The van der Waals surface area contributed by atoms with Crippen LogP contribution in [0.5, 0.6) is 0 Å². The molecular weight excluding hydrogens is 324 g/mol. The molecule has 0 atom stereocenters. The summed E-state index contributed by atoms with van der Waals surface area (Å²) in [4.78, 5) is 18.7. The zero-order chi connectivity index (χ0) is 16.9. The molecule has 1 fully saturated rings. The molecule has 130 valence electrons. The van der Waals surface area contributed by atoms with Crippen LogP contribution in [0.3, 0.4) is 0 Å². The normalized spacial score (nSPS) is 15.8. The van der Waals surface area contributed by atoms with Gasteiger partial charge < -0.3 is 19.2 Å². The van der Waals surface area contributed by atoms with E-state index in [0.29, 0.717) is 17.4 Å². The number of furan rings is 1. The summed E-state index contributed by atoms with van der Waals surface area (Å²) in [6.07, 6.45) is 5.79. The number of aromatic nitrogens is 2. The van der Waals surface area contributed by atoms with Crippen LogP contribution in [0.1, 0.15) is 29.2 Å². The third-order valence-corrected chi connectivity index (χ3v) is 5.47. The van der Waals surface area contributed by atoms with Crippen molar-refractivity contribution in [3.63, 3.8) is 0 Å². The predicted octanol–water partition coefficient (Wildman–Crippen LogP) is 2.38. The Hall–Kier alpha value is -1.73. The van der Waals surface area contributed by atoms with Crippen molar-refractivity contribution in [2.24, 2.45) is 13.0 Å². The van der Waals surface area contributed by atoms with E-state index in [2.05, 4.69) is 10.3 Å². The van der Waals surface area contributed by atoms with E-state index in [9.17, 15) is 4.79 Å². The zero-order valence-corrected chi connectivity index (χ0v) is 15.0. The number of nitrogens with one attached hydrogen (secondary N) is 1. The highest BCUT2D eigenvalue weighted by Gasteiger charge is 2.25. The molecule has 1 aliphatic rings. The van der Waals surface area contributed by atoms with E-state index in [0.717, 1.165) is 43.4 Å². The number of imidazole rings is 1. The molecule has 1 aliphatic heterocycles. The van der Waals surface area contributed by atoms with Crippen LogP contribution in [0.4, 0.5) is 0 Å². The van der Waals surface area contributed by atoms with E-state index < -0.39 is 0 Å². The molecule has 0 aromatic carbocycles. The fourth-order valence-electron chi connectivity index (χ4n) is 2.98. The van der Waals surface area contributed by atoms with Crippen molar-refractivity contribution in [1.29, 1.82) is 0 Å². The molecule has 24 heavy (non-hydrogen) atoms. The summed E-state index contributed by atoms with van der Waals surface area (Å²) in [5.41, 5.74) is 0. The second-order valence-corrected chi connectivity index (χ2v) is 7.11. The molecule has 1 amide bonds. The van der Waals surface area contributed by atoms with Gasteiger partial charge in [0.15, 0.2) is 10.9 Å². The van der Waals surface area contributed by atoms with Gasteiger partial charge in [-0.25, -0.2) is 4.98 Å². The standard InChI is InChI=1S/C17H24N4O2S/c1-18-11-13-5-8-21(9-6-13)16(22)15-4-3-14(23-15)12-24-17-19-7-10-20(17)2/h3-4,7,10,13,18H,5-6,8-9,11-12H2,1-2H3. The van der Waals surface area contributed by atoms with Gasteiger partial charge in [-0.3, -0.25) is 4.79 Å². The molecule has 0 bridgehead atoms. The molecule has 2 aromatic rings. The number of likely N-dealkylation sites (tertiary alicyclic amines) is 1. The summed E-state index contributed by atoms with van der Waals surface area (Å²) >= 11 is 1.60. The highest BCUT2D eigenvalue weighted by Crippen LogP contribution is 2.23. The average molecular weight is 348 g/mol. The minimum Gasteiger partial charge on any atom is -0.455 e. The summed E-state index contributed by atoms with van der Waals surface area (Å²) in [6.45, 7) is 2.64. The van der Waals surface area contributed by atoms with Crippen molar-refractivity contribution in [3.8, 4) is 0 Å². The Morgan fingerprint density at radius 2 is 2.21 bits per heavy atom. The number of thioether (sulfide) groups is 1. The van der Waals surface area contributed by atoms with Crippen LogP contribution < -0.4 is 5.32 Å². The van der Waals surface area contributed by atoms with E-state index in [1.165, 1.54) is 0 Å². The molecule has 0 spiro atoms. The first kappa shape index (κ1) is 17.1. The van der Waals surface area contributed by atoms with Crippen LogP contribution >= 0.6 is 11.8 Å². The van der Waals surface area contributed by atoms with Crippen LogP contribution in [0.15, 0.2) is 34.1 Å². The minimum atomic E-state index is 0.00569. The summed E-state index contributed by atoms with van der Waals surface area (Å²) in [6, 6.07) is 3.67. The first-order chi connectivity index (χ1) is 11.7. The van der Waals surface area contributed by atoms with Gasteiger partial charge in [0.25, 0.3) is 5.91 Å². The lowest BCUT2D eigenvalue weighted by molar-refractivity contribution is 0.0657. The fraction of sp³-hybridized carbons (Fsp3) is 0.529. The average Bonchev–Trinajstić information content (AvgIpc) is 3.22. The largest absolute Gasteiger partial charge is 0.455 e. The van der Waals surface area contributed by atoms with E-state index in [4.69, 9.17) is 4.42 Å². The maximum atomic E-state index is 12.6. The zero-order valence-electron chi connectivity index (χ0n) is 14.2. The van der Waals surface area contributed by atoms with Crippen LogP contribution in [-0.4, -0.2) is 47.0 Å². The molecule has 0 unspecified atom stereocenters. The van der Waals surface area contributed by atoms with Crippen LogP contribution in [-0.2, 0) is 12.8 Å². The Balaban J connectivity index is 1.53. The van der Waals surface area contributed by atoms with E-state index in [1.807, 2.05) is 35.8 Å². The Morgan fingerprint density at radius 3 is 2.88 bits per heavy atom. The molecule has 7 heteroatoms. The first-order valence-electron chi connectivity index (χ1n) is 8.30. The van der Waals surface area contributed by atoms with Crippen LogP contribution in [0.25, 0.3) is 0 Å². The molecule has 0 saturated carbocycles. The topological polar surface area (TPSA) is 63.3 Å². The van der Waals surface area contributed by atoms with Gasteiger partial charge in [0.2, 0.25) is 0 Å². The quantitative estimate of drug-likeness (QED) is 0.812. The summed E-state index contributed by atoms with van der Waals surface area (Å²) in [7, 11) is 3.94. The number of carbonyl (C=O) groups excluding carboxylic acids is 1. The monoisotopic (exact) mass is 348 g/mol. The van der Waals surface area contributed by atoms with Gasteiger partial charge in [-0.05, 0) is 44.5 Å². The lowest BCUT2D eigenvalue weighted by Gasteiger charge is -2.31. The van der Waals surface area contributed by atoms with E-state index in [1.54, 1.807) is 24.0 Å². The van der Waals surface area contributed by atoms with Gasteiger partial charge in [0.05, 0.1) is 5.75 Å². The van der Waals surface area contributed by atoms with Crippen molar-refractivity contribution >= 4 is 17.7 Å². The third-order valence-electron chi connectivity index (χ3n) is 4.39. The summed E-state index contributed by atoms with van der Waals surface area (Å²) in [5.74, 6) is 2.59. The number of rotatable bonds is 6. The number of piperidine rings is 1. The maximum Gasteiger partial charge on any atom is 0.289 e.